The second kappa shape index (κ2) is 5.06. The Morgan fingerprint density at radius 3 is 2.68 bits per heavy atom. The van der Waals surface area contributed by atoms with E-state index in [0.717, 1.165) is 23.3 Å². The lowest BCUT2D eigenvalue weighted by Crippen LogP contribution is -2.06. The molecule has 0 saturated heterocycles. The van der Waals surface area contributed by atoms with Crippen LogP contribution in [-0.4, -0.2) is 19.7 Å². The van der Waals surface area contributed by atoms with E-state index >= 15 is 0 Å². The van der Waals surface area contributed by atoms with Crippen LogP contribution in [0.2, 0.25) is 0 Å². The number of thiazole rings is 1. The van der Waals surface area contributed by atoms with E-state index in [1.165, 1.54) is 12.1 Å². The molecule has 2 rings (SSSR count). The van der Waals surface area contributed by atoms with Crippen LogP contribution in [0.1, 0.15) is 5.69 Å². The van der Waals surface area contributed by atoms with Crippen LogP contribution in [-0.2, 0) is 16.4 Å². The molecule has 0 atom stereocenters. The van der Waals surface area contributed by atoms with Gasteiger partial charge in [-0.25, -0.2) is 8.42 Å². The maximum absolute atomic E-state index is 11.4. The highest BCUT2D eigenvalue weighted by atomic mass is 32.2. The van der Waals surface area contributed by atoms with Gasteiger partial charge in [-0.2, -0.15) is 0 Å². The first kappa shape index (κ1) is 13.6. The Morgan fingerprint density at radius 2 is 2.16 bits per heavy atom. The summed E-state index contributed by atoms with van der Waals surface area (Å²) in [5.74, 6) is 0. The zero-order chi connectivity index (χ0) is 14.0. The number of hydrogen-bond donors (Lipinski definition) is 3. The maximum Gasteiger partial charge on any atom is 0.304 e. The molecular weight excluding hydrogens is 286 g/mol. The molecule has 1 aromatic carbocycles. The van der Waals surface area contributed by atoms with E-state index in [4.69, 9.17) is 5.73 Å². The number of nitrogens with one attached hydrogen (secondary N) is 2. The quantitative estimate of drug-likeness (QED) is 0.731. The minimum atomic E-state index is -3.26. The fraction of sp³-hybridized carbons (Fsp3) is 0.182. The number of benzene rings is 1. The minimum absolute atomic E-state index is 0.114. The number of nitrogens with two attached hydrogens (primary N) is 1. The number of aromatic nitrogens is 1. The lowest BCUT2D eigenvalue weighted by atomic mass is 10.2. The number of aromatic amines is 1. The van der Waals surface area contributed by atoms with E-state index in [-0.39, 0.29) is 9.77 Å². The first-order valence-corrected chi connectivity index (χ1v) is 8.13. The van der Waals surface area contributed by atoms with Gasteiger partial charge in [-0.05, 0) is 18.2 Å². The summed E-state index contributed by atoms with van der Waals surface area (Å²) in [6.07, 6.45) is 1.13. The number of anilines is 2. The van der Waals surface area contributed by atoms with Gasteiger partial charge in [-0.1, -0.05) is 11.3 Å². The molecule has 0 aliphatic heterocycles. The summed E-state index contributed by atoms with van der Waals surface area (Å²) in [4.78, 5) is 13.7. The summed E-state index contributed by atoms with van der Waals surface area (Å²) in [5.41, 5.74) is 7.51. The van der Waals surface area contributed by atoms with Gasteiger partial charge in [0, 0.05) is 17.3 Å². The molecule has 0 spiro atoms. The van der Waals surface area contributed by atoms with E-state index in [1.807, 2.05) is 0 Å². The zero-order valence-corrected chi connectivity index (χ0v) is 11.8. The van der Waals surface area contributed by atoms with Gasteiger partial charge in [-0.3, -0.25) is 4.79 Å². The van der Waals surface area contributed by atoms with Crippen LogP contribution in [0.25, 0.3) is 0 Å². The molecule has 0 bridgehead atoms. The van der Waals surface area contributed by atoms with Crippen molar-refractivity contribution >= 4 is 32.5 Å². The Balaban J connectivity index is 2.16. The maximum atomic E-state index is 11.4. The molecule has 0 fully saturated rings. The Kier molecular flexibility index (Phi) is 3.63. The number of hydrogen-bond acceptors (Lipinski definition) is 6. The topological polar surface area (TPSA) is 105 Å². The highest BCUT2D eigenvalue weighted by molar-refractivity contribution is 7.90. The molecule has 0 amide bonds. The van der Waals surface area contributed by atoms with Crippen molar-refractivity contribution in [2.24, 2.45) is 0 Å². The Bertz CT molecular complexity index is 747. The second-order valence-electron chi connectivity index (χ2n) is 4.05. The molecule has 0 radical (unpaired) electrons. The molecular formula is C11H13N3O3S2. The molecule has 0 unspecified atom stereocenters. The summed E-state index contributed by atoms with van der Waals surface area (Å²) >= 11 is 1.09. The Labute approximate surface area is 114 Å². The predicted octanol–water partition coefficient (Wildman–Crippen LogP) is 1.03. The molecule has 2 aromatic rings. The van der Waals surface area contributed by atoms with E-state index in [2.05, 4.69) is 10.3 Å². The van der Waals surface area contributed by atoms with Crippen molar-refractivity contribution in [2.75, 3.05) is 17.3 Å². The van der Waals surface area contributed by atoms with Gasteiger partial charge >= 0.3 is 4.87 Å². The van der Waals surface area contributed by atoms with Gasteiger partial charge in [0.25, 0.3) is 0 Å². The number of sulfone groups is 1. The SMILES string of the molecule is CS(=O)(=O)c1ccc(NCc2csc(=O)[nH]2)c(N)c1. The van der Waals surface area contributed by atoms with Crippen LogP contribution in [0, 0.1) is 0 Å². The average Bonchev–Trinajstić information content (AvgIpc) is 2.72. The van der Waals surface area contributed by atoms with Gasteiger partial charge in [0.2, 0.25) is 0 Å². The van der Waals surface area contributed by atoms with Crippen LogP contribution in [0.5, 0.6) is 0 Å². The summed E-state index contributed by atoms with van der Waals surface area (Å²) in [6.45, 7) is 0.418. The highest BCUT2D eigenvalue weighted by Crippen LogP contribution is 2.22. The molecule has 0 saturated carbocycles. The van der Waals surface area contributed by atoms with E-state index < -0.39 is 9.84 Å². The van der Waals surface area contributed by atoms with Crippen molar-refractivity contribution in [1.82, 2.24) is 4.98 Å². The molecule has 102 valence electrons. The number of H-pyrrole nitrogens is 1. The second-order valence-corrected chi connectivity index (χ2v) is 6.91. The first-order chi connectivity index (χ1) is 8.86. The Morgan fingerprint density at radius 1 is 1.42 bits per heavy atom. The van der Waals surface area contributed by atoms with Gasteiger partial charge in [0.15, 0.2) is 9.84 Å². The van der Waals surface area contributed by atoms with Crippen molar-refractivity contribution in [3.05, 3.63) is 38.9 Å². The standard InChI is InChI=1S/C11H13N3O3S2/c1-19(16,17)8-2-3-10(9(12)4-8)13-5-7-6-18-11(15)14-7/h2-4,6,13H,5,12H2,1H3,(H,14,15). The molecule has 0 aliphatic rings. The van der Waals surface area contributed by atoms with Crippen molar-refractivity contribution < 1.29 is 8.42 Å². The van der Waals surface area contributed by atoms with Crippen molar-refractivity contribution in [1.29, 1.82) is 0 Å². The van der Waals surface area contributed by atoms with Crippen LogP contribution in [0.4, 0.5) is 11.4 Å². The summed E-state index contributed by atoms with van der Waals surface area (Å²) < 4.78 is 22.7. The summed E-state index contributed by atoms with van der Waals surface area (Å²) in [5, 5.41) is 4.76. The third kappa shape index (κ3) is 3.36. The lowest BCUT2D eigenvalue weighted by molar-refractivity contribution is 0.602. The fourth-order valence-electron chi connectivity index (χ4n) is 1.52. The van der Waals surface area contributed by atoms with Crippen LogP contribution in [0.15, 0.2) is 33.3 Å². The smallest absolute Gasteiger partial charge is 0.304 e. The molecule has 4 N–H and O–H groups in total. The average molecular weight is 299 g/mol. The lowest BCUT2D eigenvalue weighted by Gasteiger charge is -2.09. The van der Waals surface area contributed by atoms with Crippen LogP contribution < -0.4 is 15.9 Å². The predicted molar refractivity (Wildman–Crippen MR) is 76.2 cm³/mol. The van der Waals surface area contributed by atoms with E-state index in [9.17, 15) is 13.2 Å². The zero-order valence-electron chi connectivity index (χ0n) is 10.1. The molecule has 6 nitrogen and oxygen atoms in total. The van der Waals surface area contributed by atoms with Crippen LogP contribution in [0.3, 0.4) is 0 Å². The molecule has 19 heavy (non-hydrogen) atoms. The van der Waals surface area contributed by atoms with Gasteiger partial charge < -0.3 is 16.0 Å². The van der Waals surface area contributed by atoms with E-state index in [1.54, 1.807) is 11.4 Å². The normalized spacial score (nSPS) is 11.4. The third-order valence-electron chi connectivity index (χ3n) is 2.49. The molecule has 1 aromatic heterocycles. The van der Waals surface area contributed by atoms with Gasteiger partial charge in [0.1, 0.15) is 0 Å². The first-order valence-electron chi connectivity index (χ1n) is 5.36. The summed E-state index contributed by atoms with van der Waals surface area (Å²) in [7, 11) is -3.26. The van der Waals surface area contributed by atoms with E-state index in [0.29, 0.717) is 17.9 Å². The molecule has 8 heteroatoms. The van der Waals surface area contributed by atoms with Gasteiger partial charge in [0.05, 0.1) is 22.8 Å². The molecule has 0 aliphatic carbocycles. The third-order valence-corrected chi connectivity index (χ3v) is 4.32. The van der Waals surface area contributed by atoms with Crippen LogP contribution >= 0.6 is 11.3 Å². The monoisotopic (exact) mass is 299 g/mol. The van der Waals surface area contributed by atoms with Crippen molar-refractivity contribution in [3.63, 3.8) is 0 Å². The fourth-order valence-corrected chi connectivity index (χ4v) is 2.76. The molecule has 1 heterocycles. The van der Waals surface area contributed by atoms with Crippen molar-refractivity contribution in [3.8, 4) is 0 Å². The number of nitrogen functional groups attached to an aromatic ring is 1. The minimum Gasteiger partial charge on any atom is -0.397 e. The van der Waals surface area contributed by atoms with Gasteiger partial charge in [-0.15, -0.1) is 0 Å². The largest absolute Gasteiger partial charge is 0.397 e. The highest BCUT2D eigenvalue weighted by Gasteiger charge is 2.09. The van der Waals surface area contributed by atoms with Crippen molar-refractivity contribution in [2.45, 2.75) is 11.4 Å². The Hall–Kier alpha value is -1.80. The number of rotatable bonds is 4. The summed E-state index contributed by atoms with van der Waals surface area (Å²) in [6, 6.07) is 4.51.